The highest BCUT2D eigenvalue weighted by atomic mass is 32.2. The van der Waals surface area contributed by atoms with Crippen LogP contribution >= 0.6 is 0 Å². The van der Waals surface area contributed by atoms with E-state index in [0.29, 0.717) is 5.56 Å². The first kappa shape index (κ1) is 23.3. The molecule has 0 aliphatic rings. The predicted octanol–water partition coefficient (Wildman–Crippen LogP) is 4.12. The number of carbonyl (C=O) groups is 2. The number of hydrogen-bond donors (Lipinski definition) is 1. The minimum absolute atomic E-state index is 0.0545. The molecule has 32 heavy (non-hydrogen) atoms. The van der Waals surface area contributed by atoms with E-state index in [-0.39, 0.29) is 33.3 Å². The molecule has 168 valence electrons. The first-order chi connectivity index (χ1) is 15.1. The lowest BCUT2D eigenvalue weighted by Gasteiger charge is -2.12. The Kier molecular flexibility index (Phi) is 6.55. The highest BCUT2D eigenvalue weighted by Crippen LogP contribution is 2.32. The molecule has 8 heteroatoms. The van der Waals surface area contributed by atoms with E-state index in [1.165, 1.54) is 16.8 Å². The zero-order chi connectivity index (χ0) is 23.6. The summed E-state index contributed by atoms with van der Waals surface area (Å²) < 4.78 is 33.5. The van der Waals surface area contributed by atoms with Gasteiger partial charge < -0.3 is 4.74 Å². The first-order valence-corrected chi connectivity index (χ1v) is 11.6. The second-order valence-electron chi connectivity index (χ2n) is 7.56. The predicted molar refractivity (Wildman–Crippen MR) is 121 cm³/mol. The van der Waals surface area contributed by atoms with E-state index < -0.39 is 21.7 Å². The molecule has 0 aliphatic carbocycles. The van der Waals surface area contributed by atoms with Gasteiger partial charge in [0, 0.05) is 5.56 Å². The van der Waals surface area contributed by atoms with Crippen molar-refractivity contribution in [2.75, 3.05) is 12.0 Å². The summed E-state index contributed by atoms with van der Waals surface area (Å²) >= 11 is 0. The van der Waals surface area contributed by atoms with Crippen LogP contribution in [0.2, 0.25) is 0 Å². The number of nitrogens with one attached hydrogen (secondary N) is 1. The molecule has 1 amide bonds. The highest BCUT2D eigenvalue weighted by Gasteiger charge is 2.34. The number of amides is 1. The Labute approximate surface area is 187 Å². The van der Waals surface area contributed by atoms with Gasteiger partial charge in [0.1, 0.15) is 10.5 Å². The molecule has 3 aromatic rings. The van der Waals surface area contributed by atoms with Gasteiger partial charge in [0.05, 0.1) is 22.9 Å². The van der Waals surface area contributed by atoms with Crippen LogP contribution in [0, 0.1) is 27.7 Å². The largest absolute Gasteiger partial charge is 0.462 e. The van der Waals surface area contributed by atoms with Gasteiger partial charge in [-0.3, -0.25) is 14.9 Å². The summed E-state index contributed by atoms with van der Waals surface area (Å²) in [4.78, 5) is 25.5. The van der Waals surface area contributed by atoms with Crippen molar-refractivity contribution in [2.45, 2.75) is 44.4 Å². The van der Waals surface area contributed by atoms with E-state index in [9.17, 15) is 18.0 Å². The van der Waals surface area contributed by atoms with Crippen LogP contribution in [0.5, 0.6) is 0 Å². The number of aryl methyl sites for hydroxylation is 2. The van der Waals surface area contributed by atoms with Gasteiger partial charge in [-0.15, -0.1) is 0 Å². The molecule has 0 aliphatic heterocycles. The van der Waals surface area contributed by atoms with Crippen molar-refractivity contribution in [3.63, 3.8) is 0 Å². The number of benzene rings is 2. The smallest absolute Gasteiger partial charge is 0.341 e. The van der Waals surface area contributed by atoms with Gasteiger partial charge in [-0.05, 0) is 58.9 Å². The molecule has 0 fully saturated rings. The number of ether oxygens (including phenoxy) is 1. The van der Waals surface area contributed by atoms with E-state index in [1.807, 2.05) is 19.9 Å². The van der Waals surface area contributed by atoms with Crippen LogP contribution in [0.3, 0.4) is 0 Å². The summed E-state index contributed by atoms with van der Waals surface area (Å²) in [5.74, 6) is -1.19. The van der Waals surface area contributed by atoms with Crippen LogP contribution in [-0.2, 0) is 14.6 Å². The van der Waals surface area contributed by atoms with Crippen molar-refractivity contribution in [3.05, 3.63) is 82.2 Å². The molecule has 1 N–H and O–H groups in total. The molecule has 2 aromatic carbocycles. The summed E-state index contributed by atoms with van der Waals surface area (Å²) in [6.45, 7) is 8.57. The van der Waals surface area contributed by atoms with Crippen molar-refractivity contribution in [2.24, 2.45) is 0 Å². The summed E-state index contributed by atoms with van der Waals surface area (Å²) in [6.07, 6.45) is 0. The Hall–Kier alpha value is -3.39. The maximum atomic E-state index is 13.5. The first-order valence-electron chi connectivity index (χ1n) is 10.2. The fourth-order valence-corrected chi connectivity index (χ4v) is 5.25. The van der Waals surface area contributed by atoms with Crippen molar-refractivity contribution in [1.82, 2.24) is 4.68 Å². The Balaban J connectivity index is 2.17. The number of carbonyl (C=O) groups excluding carboxylic acids is 2. The summed E-state index contributed by atoms with van der Waals surface area (Å²) in [7, 11) is -4.06. The average Bonchev–Trinajstić information content (AvgIpc) is 2.99. The number of aromatic nitrogens is 1. The molecule has 0 unspecified atom stereocenters. The van der Waals surface area contributed by atoms with Crippen LogP contribution in [0.1, 0.15) is 50.2 Å². The lowest BCUT2D eigenvalue weighted by molar-refractivity contribution is 0.0521. The monoisotopic (exact) mass is 454 g/mol. The third-order valence-electron chi connectivity index (χ3n) is 5.16. The maximum absolute atomic E-state index is 13.5. The van der Waals surface area contributed by atoms with Gasteiger partial charge >= 0.3 is 5.97 Å². The van der Waals surface area contributed by atoms with Crippen LogP contribution in [0.4, 0.5) is 0 Å². The minimum atomic E-state index is -4.06. The van der Waals surface area contributed by atoms with E-state index >= 15 is 0 Å². The Morgan fingerprint density at radius 2 is 1.59 bits per heavy atom. The second kappa shape index (κ2) is 9.00. The van der Waals surface area contributed by atoms with Gasteiger partial charge in [0.15, 0.2) is 0 Å². The van der Waals surface area contributed by atoms with Crippen LogP contribution < -0.4 is 5.43 Å². The fraction of sp³-hybridized carbons (Fsp3) is 0.250. The number of sulfone groups is 1. The third kappa shape index (κ3) is 4.31. The van der Waals surface area contributed by atoms with Gasteiger partial charge in [-0.2, -0.15) is 0 Å². The molecule has 0 spiro atoms. The van der Waals surface area contributed by atoms with Crippen molar-refractivity contribution in [3.8, 4) is 0 Å². The van der Waals surface area contributed by atoms with Crippen LogP contribution in [0.15, 0.2) is 58.3 Å². The molecular formula is C24H26N2O5S. The van der Waals surface area contributed by atoms with E-state index in [1.54, 1.807) is 51.1 Å². The number of rotatable bonds is 6. The Bertz CT molecular complexity index is 1290. The van der Waals surface area contributed by atoms with E-state index in [4.69, 9.17) is 4.74 Å². The molecule has 0 atom stereocenters. The summed E-state index contributed by atoms with van der Waals surface area (Å²) in [5, 5.41) is 0. The molecule has 0 bridgehead atoms. The summed E-state index contributed by atoms with van der Waals surface area (Å²) in [5.41, 5.74) is 5.35. The van der Waals surface area contributed by atoms with Crippen molar-refractivity contribution < 1.29 is 22.7 Å². The van der Waals surface area contributed by atoms with Gasteiger partial charge in [-0.25, -0.2) is 13.2 Å². The Morgan fingerprint density at radius 3 is 2.19 bits per heavy atom. The SMILES string of the molecule is CCOC(=O)c1c(S(=O)(=O)c2ccc(C)cc2)c(C)n(NC(=O)c2cccc(C)c2)c1C. The third-order valence-corrected chi connectivity index (χ3v) is 7.09. The van der Waals surface area contributed by atoms with Crippen molar-refractivity contribution >= 4 is 21.7 Å². The van der Waals surface area contributed by atoms with Gasteiger partial charge in [0.25, 0.3) is 5.91 Å². The van der Waals surface area contributed by atoms with Crippen LogP contribution in [0.25, 0.3) is 0 Å². The van der Waals surface area contributed by atoms with E-state index in [0.717, 1.165) is 11.1 Å². The molecule has 1 heterocycles. The van der Waals surface area contributed by atoms with Gasteiger partial charge in [0.2, 0.25) is 9.84 Å². The molecule has 0 saturated carbocycles. The minimum Gasteiger partial charge on any atom is -0.462 e. The molecule has 3 rings (SSSR count). The highest BCUT2D eigenvalue weighted by molar-refractivity contribution is 7.91. The van der Waals surface area contributed by atoms with E-state index in [2.05, 4.69) is 5.43 Å². The molecule has 7 nitrogen and oxygen atoms in total. The maximum Gasteiger partial charge on any atom is 0.341 e. The lowest BCUT2D eigenvalue weighted by Crippen LogP contribution is -2.25. The standard InChI is InChI=1S/C24H26N2O5S/c1-6-31-24(28)21-17(4)26(25-23(27)19-9-7-8-16(3)14-19)18(5)22(21)32(29,30)20-12-10-15(2)11-13-20/h7-14H,6H2,1-5H3,(H,25,27). The molecular weight excluding hydrogens is 428 g/mol. The topological polar surface area (TPSA) is 94.5 Å². The normalized spacial score (nSPS) is 11.3. The summed E-state index contributed by atoms with van der Waals surface area (Å²) in [6, 6.07) is 13.4. The quantitative estimate of drug-likeness (QED) is 0.566. The number of nitrogens with zero attached hydrogens (tertiary/aromatic N) is 1. The van der Waals surface area contributed by atoms with Crippen molar-refractivity contribution in [1.29, 1.82) is 0 Å². The molecule has 0 saturated heterocycles. The zero-order valence-corrected chi connectivity index (χ0v) is 19.5. The lowest BCUT2D eigenvalue weighted by atomic mass is 10.1. The van der Waals surface area contributed by atoms with Crippen LogP contribution in [-0.4, -0.2) is 31.6 Å². The number of esters is 1. The number of hydrogen-bond acceptors (Lipinski definition) is 5. The molecule has 1 aromatic heterocycles. The Morgan fingerprint density at radius 1 is 0.938 bits per heavy atom. The molecule has 0 radical (unpaired) electrons. The average molecular weight is 455 g/mol. The fourth-order valence-electron chi connectivity index (χ4n) is 3.54. The van der Waals surface area contributed by atoms with Gasteiger partial charge in [-0.1, -0.05) is 35.4 Å². The second-order valence-corrected chi connectivity index (χ2v) is 9.44. The zero-order valence-electron chi connectivity index (χ0n) is 18.7.